The first-order valence-electron chi connectivity index (χ1n) is 20.3. The fourth-order valence-electron chi connectivity index (χ4n) is 9.16. The Kier molecular flexibility index (Phi) is 8.53. The van der Waals surface area contributed by atoms with E-state index in [4.69, 9.17) is 0 Å². The zero-order valence-corrected chi connectivity index (χ0v) is 33.5. The maximum atomic E-state index is 2.52. The van der Waals surface area contributed by atoms with Gasteiger partial charge in [0.1, 0.15) is 0 Å². The topological polar surface area (TPSA) is 6.48 Å². The van der Waals surface area contributed by atoms with Crippen LogP contribution in [0.2, 0.25) is 0 Å². The zero-order chi connectivity index (χ0) is 39.4. The summed E-state index contributed by atoms with van der Waals surface area (Å²) in [4.78, 5) is 4.88. The van der Waals surface area contributed by atoms with Gasteiger partial charge < -0.3 is 9.80 Å². The lowest BCUT2D eigenvalue weighted by Crippen LogP contribution is -2.48. The lowest BCUT2D eigenvalue weighted by Gasteiger charge is -2.42. The summed E-state index contributed by atoms with van der Waals surface area (Å²) in [6.07, 6.45) is 0. The van der Waals surface area contributed by atoms with Crippen LogP contribution in [0, 0.1) is 0 Å². The maximum Gasteiger partial charge on any atom is 0.0487 e. The number of hydrogen-bond donors (Lipinski definition) is 0. The highest BCUT2D eigenvalue weighted by Crippen LogP contribution is 2.54. The minimum Gasteiger partial charge on any atom is -0.335 e. The molecule has 0 atom stereocenters. The van der Waals surface area contributed by atoms with Gasteiger partial charge in [0.15, 0.2) is 0 Å². The third kappa shape index (κ3) is 5.87. The van der Waals surface area contributed by atoms with Crippen molar-refractivity contribution in [3.8, 4) is 33.4 Å². The summed E-state index contributed by atoms with van der Waals surface area (Å²) in [5, 5.41) is 5.03. The molecule has 0 bridgehead atoms. The van der Waals surface area contributed by atoms with Crippen LogP contribution in [0.3, 0.4) is 0 Å². The Labute approximate surface area is 342 Å². The van der Waals surface area contributed by atoms with Crippen LogP contribution >= 0.6 is 0 Å². The van der Waals surface area contributed by atoms with E-state index >= 15 is 0 Å². The normalized spacial score (nSPS) is 14.1. The molecule has 0 unspecified atom stereocenters. The summed E-state index contributed by atoms with van der Waals surface area (Å²) in [6.45, 7) is 9.45. The van der Waals surface area contributed by atoms with Gasteiger partial charge in [-0.2, -0.15) is 0 Å². The van der Waals surface area contributed by atoms with E-state index < -0.39 is 0 Å². The van der Waals surface area contributed by atoms with Crippen molar-refractivity contribution in [2.45, 2.75) is 38.6 Å². The Hall–Kier alpha value is -6.90. The first-order valence-corrected chi connectivity index (χ1v) is 20.3. The zero-order valence-electron chi connectivity index (χ0n) is 33.5. The summed E-state index contributed by atoms with van der Waals surface area (Å²) in [5.74, 6) is 0. The molecule has 0 fully saturated rings. The van der Waals surface area contributed by atoms with Gasteiger partial charge in [-0.05, 0) is 129 Å². The highest BCUT2D eigenvalue weighted by atomic mass is 15.2. The second kappa shape index (κ2) is 13.9. The second-order valence-electron chi connectivity index (χ2n) is 16.6. The van der Waals surface area contributed by atoms with Gasteiger partial charge in [0.2, 0.25) is 0 Å². The van der Waals surface area contributed by atoms with E-state index in [2.05, 4.69) is 244 Å². The molecular formula is C56H46N2. The molecule has 0 saturated carbocycles. The fourth-order valence-corrected chi connectivity index (χ4v) is 9.16. The SMILES string of the molecule is CC1(C)c2ccccc2N(c2ccc(-c3ccc(N(c4ccc(-c5cccc6ccccc56)cc4)c4ccc(-c5cccc6ccccc56)cc4)cc3)cc2)C1(C)C. The lowest BCUT2D eigenvalue weighted by molar-refractivity contribution is 0.330. The molecular weight excluding hydrogens is 701 g/mol. The molecule has 1 aliphatic rings. The average Bonchev–Trinajstić information content (AvgIpc) is 3.43. The Bertz CT molecular complexity index is 2790. The minimum atomic E-state index is -0.0799. The molecule has 0 aromatic heterocycles. The molecule has 2 nitrogen and oxygen atoms in total. The second-order valence-corrected chi connectivity index (χ2v) is 16.6. The molecule has 0 saturated heterocycles. The lowest BCUT2D eigenvalue weighted by atomic mass is 9.72. The van der Waals surface area contributed by atoms with Gasteiger partial charge in [0, 0.05) is 39.4 Å². The highest BCUT2D eigenvalue weighted by Gasteiger charge is 2.51. The van der Waals surface area contributed by atoms with Gasteiger partial charge in [-0.3, -0.25) is 0 Å². The molecule has 0 amide bonds. The Morgan fingerprint density at radius 3 is 1.26 bits per heavy atom. The molecule has 58 heavy (non-hydrogen) atoms. The highest BCUT2D eigenvalue weighted by molar-refractivity contribution is 5.98. The van der Waals surface area contributed by atoms with Crippen LogP contribution in [-0.2, 0) is 5.41 Å². The van der Waals surface area contributed by atoms with Crippen molar-refractivity contribution in [3.63, 3.8) is 0 Å². The molecule has 0 spiro atoms. The summed E-state index contributed by atoms with van der Waals surface area (Å²) in [5.41, 5.74) is 14.4. The number of hydrogen-bond acceptors (Lipinski definition) is 2. The molecule has 2 heteroatoms. The van der Waals surface area contributed by atoms with Crippen molar-refractivity contribution >= 4 is 50.0 Å². The van der Waals surface area contributed by atoms with Crippen LogP contribution in [0.25, 0.3) is 54.9 Å². The van der Waals surface area contributed by atoms with Crippen molar-refractivity contribution in [2.24, 2.45) is 0 Å². The van der Waals surface area contributed by atoms with E-state index in [9.17, 15) is 0 Å². The smallest absolute Gasteiger partial charge is 0.0487 e. The third-order valence-corrected chi connectivity index (χ3v) is 12.9. The van der Waals surface area contributed by atoms with Gasteiger partial charge >= 0.3 is 0 Å². The Morgan fingerprint density at radius 2 is 0.759 bits per heavy atom. The predicted octanol–water partition coefficient (Wildman–Crippen LogP) is 15.7. The summed E-state index contributed by atoms with van der Waals surface area (Å²) >= 11 is 0. The van der Waals surface area contributed by atoms with Gasteiger partial charge in [-0.15, -0.1) is 0 Å². The summed E-state index contributed by atoms with van der Waals surface area (Å²) < 4.78 is 0. The molecule has 1 heterocycles. The molecule has 280 valence electrons. The van der Waals surface area contributed by atoms with E-state index in [1.54, 1.807) is 0 Å². The van der Waals surface area contributed by atoms with Crippen molar-refractivity contribution in [1.82, 2.24) is 0 Å². The van der Waals surface area contributed by atoms with Crippen molar-refractivity contribution < 1.29 is 0 Å². The monoisotopic (exact) mass is 746 g/mol. The predicted molar refractivity (Wildman–Crippen MR) is 248 cm³/mol. The van der Waals surface area contributed by atoms with Crippen LogP contribution in [-0.4, -0.2) is 5.54 Å². The Morgan fingerprint density at radius 1 is 0.362 bits per heavy atom. The molecule has 10 rings (SSSR count). The molecule has 0 radical (unpaired) electrons. The quantitative estimate of drug-likeness (QED) is 0.160. The van der Waals surface area contributed by atoms with E-state index in [1.807, 2.05) is 0 Å². The number of fused-ring (bicyclic) bond motifs is 3. The standard InChI is InChI=1S/C56H46N2/c1-55(2)53-21-9-10-22-54(53)58(56(55,3)4)48-37-25-40(26-38-48)39-23-31-45(32-24-39)57(46-33-27-43(28-34-46)51-19-11-15-41-13-5-7-17-49(41)51)47-35-29-44(30-36-47)52-20-12-16-42-14-6-8-18-50(42)52/h5-38H,1-4H3. The first kappa shape index (κ1) is 35.5. The van der Waals surface area contributed by atoms with Gasteiger partial charge in [0.25, 0.3) is 0 Å². The fraction of sp³-hybridized carbons (Fsp3) is 0.107. The van der Waals surface area contributed by atoms with E-state index in [1.165, 1.54) is 71.9 Å². The van der Waals surface area contributed by atoms with Crippen molar-refractivity contribution in [1.29, 1.82) is 0 Å². The molecule has 9 aromatic rings. The van der Waals surface area contributed by atoms with Crippen molar-refractivity contribution in [2.75, 3.05) is 9.80 Å². The molecule has 9 aromatic carbocycles. The van der Waals surface area contributed by atoms with Crippen LogP contribution in [0.5, 0.6) is 0 Å². The average molecular weight is 747 g/mol. The van der Waals surface area contributed by atoms with Gasteiger partial charge in [-0.1, -0.05) is 166 Å². The summed E-state index contributed by atoms with van der Waals surface area (Å²) in [7, 11) is 0. The molecule has 0 N–H and O–H groups in total. The molecule has 0 aliphatic carbocycles. The molecule has 1 aliphatic heterocycles. The third-order valence-electron chi connectivity index (χ3n) is 12.9. The number of para-hydroxylation sites is 1. The summed E-state index contributed by atoms with van der Waals surface area (Å²) in [6, 6.07) is 75.4. The van der Waals surface area contributed by atoms with Crippen LogP contribution in [0.15, 0.2) is 206 Å². The Balaban J connectivity index is 0.998. The number of nitrogens with zero attached hydrogens (tertiary/aromatic N) is 2. The van der Waals surface area contributed by atoms with Crippen LogP contribution < -0.4 is 9.80 Å². The van der Waals surface area contributed by atoms with Gasteiger partial charge in [-0.25, -0.2) is 0 Å². The first-order chi connectivity index (χ1) is 28.3. The van der Waals surface area contributed by atoms with E-state index in [0.29, 0.717) is 0 Å². The van der Waals surface area contributed by atoms with Crippen LogP contribution in [0.4, 0.5) is 28.4 Å². The maximum absolute atomic E-state index is 2.52. The minimum absolute atomic E-state index is 0.0104. The van der Waals surface area contributed by atoms with E-state index in [0.717, 1.165) is 17.1 Å². The van der Waals surface area contributed by atoms with E-state index in [-0.39, 0.29) is 11.0 Å². The largest absolute Gasteiger partial charge is 0.335 e. The number of anilines is 5. The van der Waals surface area contributed by atoms with Gasteiger partial charge in [0.05, 0.1) is 0 Å². The number of rotatable bonds is 7. The number of benzene rings is 9. The van der Waals surface area contributed by atoms with Crippen molar-refractivity contribution in [3.05, 3.63) is 212 Å². The van der Waals surface area contributed by atoms with Crippen LogP contribution in [0.1, 0.15) is 33.3 Å².